The van der Waals surface area contributed by atoms with Gasteiger partial charge in [-0.2, -0.15) is 0 Å². The second-order valence-electron chi connectivity index (χ2n) is 5.24. The number of aryl methyl sites for hydroxylation is 1. The van der Waals surface area contributed by atoms with Gasteiger partial charge in [-0.25, -0.2) is 4.98 Å². The number of nitrogens with zero attached hydrogens (tertiary/aromatic N) is 2. The first kappa shape index (κ1) is 15.9. The van der Waals surface area contributed by atoms with Crippen LogP contribution in [0.3, 0.4) is 0 Å². The van der Waals surface area contributed by atoms with Gasteiger partial charge in [-0.05, 0) is 37.3 Å². The SMILES string of the molecule is Cc1cc(Oc2nc3c(Cl)cc(Cl)cc3s2)c2cc(Cl)ccc2n1. The fourth-order valence-corrected chi connectivity index (χ4v) is 4.18. The molecule has 0 fully saturated rings. The zero-order valence-corrected chi connectivity index (χ0v) is 15.4. The zero-order chi connectivity index (χ0) is 16.8. The van der Waals surface area contributed by atoms with Crippen LogP contribution in [0, 0.1) is 6.92 Å². The normalized spacial score (nSPS) is 11.3. The van der Waals surface area contributed by atoms with Crippen molar-refractivity contribution in [2.45, 2.75) is 6.92 Å². The highest BCUT2D eigenvalue weighted by Gasteiger charge is 2.13. The Morgan fingerprint density at radius 1 is 0.958 bits per heavy atom. The summed E-state index contributed by atoms with van der Waals surface area (Å²) in [6, 6.07) is 10.8. The summed E-state index contributed by atoms with van der Waals surface area (Å²) in [6.07, 6.45) is 0. The average Bonchev–Trinajstić information content (AvgIpc) is 2.90. The third-order valence-electron chi connectivity index (χ3n) is 3.45. The standard InChI is InChI=1S/C17H9Cl3N2OS/c1-8-4-14(11-5-9(18)2-3-13(11)21-8)23-17-22-16-12(20)6-10(19)7-15(16)24-17/h2-7H,1H3. The predicted octanol–water partition coefficient (Wildman–Crippen LogP) is 6.91. The molecule has 3 nitrogen and oxygen atoms in total. The number of benzene rings is 2. The second-order valence-corrected chi connectivity index (χ2v) is 7.51. The number of hydrogen-bond acceptors (Lipinski definition) is 4. The number of aromatic nitrogens is 2. The van der Waals surface area contributed by atoms with E-state index >= 15 is 0 Å². The van der Waals surface area contributed by atoms with E-state index in [1.165, 1.54) is 11.3 Å². The molecule has 2 aromatic carbocycles. The molecule has 24 heavy (non-hydrogen) atoms. The average molecular weight is 396 g/mol. The van der Waals surface area contributed by atoms with Crippen molar-refractivity contribution in [1.82, 2.24) is 9.97 Å². The van der Waals surface area contributed by atoms with Gasteiger partial charge in [0.1, 0.15) is 11.3 Å². The minimum Gasteiger partial charge on any atom is -0.430 e. The maximum atomic E-state index is 6.20. The fourth-order valence-electron chi connectivity index (χ4n) is 2.45. The molecule has 0 radical (unpaired) electrons. The first-order valence-electron chi connectivity index (χ1n) is 7.00. The van der Waals surface area contributed by atoms with Crippen LogP contribution in [-0.2, 0) is 0 Å². The van der Waals surface area contributed by atoms with E-state index in [-0.39, 0.29) is 0 Å². The summed E-state index contributed by atoms with van der Waals surface area (Å²) in [6.45, 7) is 1.91. The molecule has 0 spiro atoms. The second kappa shape index (κ2) is 6.05. The molecular weight excluding hydrogens is 387 g/mol. The summed E-state index contributed by atoms with van der Waals surface area (Å²) in [5, 5.41) is 3.01. The molecule has 2 heterocycles. The van der Waals surface area contributed by atoms with Gasteiger partial charge in [-0.1, -0.05) is 46.1 Å². The third-order valence-corrected chi connectivity index (χ3v) is 5.07. The Morgan fingerprint density at radius 2 is 1.79 bits per heavy atom. The van der Waals surface area contributed by atoms with Gasteiger partial charge in [-0.15, -0.1) is 0 Å². The van der Waals surface area contributed by atoms with Crippen molar-refractivity contribution in [3.8, 4) is 10.9 Å². The summed E-state index contributed by atoms with van der Waals surface area (Å²) in [5.74, 6) is 0.654. The van der Waals surface area contributed by atoms with Crippen molar-refractivity contribution in [1.29, 1.82) is 0 Å². The van der Waals surface area contributed by atoms with E-state index in [9.17, 15) is 0 Å². The van der Waals surface area contributed by atoms with Gasteiger partial charge in [0, 0.05) is 27.2 Å². The van der Waals surface area contributed by atoms with Crippen LogP contribution in [0.15, 0.2) is 36.4 Å². The van der Waals surface area contributed by atoms with E-state index in [0.717, 1.165) is 21.3 Å². The molecule has 0 aliphatic rings. The molecule has 7 heteroatoms. The van der Waals surface area contributed by atoms with Crippen molar-refractivity contribution in [2.75, 3.05) is 0 Å². The monoisotopic (exact) mass is 394 g/mol. The Balaban J connectivity index is 1.84. The summed E-state index contributed by atoms with van der Waals surface area (Å²) in [7, 11) is 0. The Kier molecular flexibility index (Phi) is 4.01. The number of ether oxygens (including phenoxy) is 1. The highest BCUT2D eigenvalue weighted by Crippen LogP contribution is 2.38. The lowest BCUT2D eigenvalue weighted by Crippen LogP contribution is -1.90. The van der Waals surface area contributed by atoms with Crippen molar-refractivity contribution in [3.63, 3.8) is 0 Å². The minimum absolute atomic E-state index is 0.487. The smallest absolute Gasteiger partial charge is 0.279 e. The number of thiazole rings is 1. The summed E-state index contributed by atoms with van der Waals surface area (Å²) >= 11 is 19.7. The first-order chi connectivity index (χ1) is 11.5. The summed E-state index contributed by atoms with van der Waals surface area (Å²) in [4.78, 5) is 8.95. The van der Waals surface area contributed by atoms with E-state index in [1.54, 1.807) is 12.1 Å². The number of fused-ring (bicyclic) bond motifs is 2. The Bertz CT molecular complexity index is 1090. The van der Waals surface area contributed by atoms with Crippen LogP contribution >= 0.6 is 46.1 Å². The number of halogens is 3. The fraction of sp³-hybridized carbons (Fsp3) is 0.0588. The van der Waals surface area contributed by atoms with Crippen LogP contribution in [0.25, 0.3) is 21.1 Å². The van der Waals surface area contributed by atoms with E-state index in [4.69, 9.17) is 39.5 Å². The van der Waals surface area contributed by atoms with E-state index in [1.807, 2.05) is 31.2 Å². The van der Waals surface area contributed by atoms with Gasteiger partial charge in [0.05, 0.1) is 15.2 Å². The van der Waals surface area contributed by atoms with Crippen molar-refractivity contribution >= 4 is 67.3 Å². The van der Waals surface area contributed by atoms with Gasteiger partial charge in [0.25, 0.3) is 5.19 Å². The van der Waals surface area contributed by atoms with Gasteiger partial charge in [-0.3, -0.25) is 4.98 Å². The molecule has 120 valence electrons. The summed E-state index contributed by atoms with van der Waals surface area (Å²) < 4.78 is 6.89. The topological polar surface area (TPSA) is 35.0 Å². The van der Waals surface area contributed by atoms with Crippen LogP contribution in [-0.4, -0.2) is 9.97 Å². The largest absolute Gasteiger partial charge is 0.430 e. The molecule has 0 bridgehead atoms. The summed E-state index contributed by atoms with van der Waals surface area (Å²) in [5.41, 5.74) is 2.34. The van der Waals surface area contributed by atoms with Gasteiger partial charge in [0.15, 0.2) is 0 Å². The van der Waals surface area contributed by atoms with E-state index in [2.05, 4.69) is 9.97 Å². The van der Waals surface area contributed by atoms with Crippen LogP contribution in [0.5, 0.6) is 10.9 Å². The van der Waals surface area contributed by atoms with Crippen LogP contribution in [0.4, 0.5) is 0 Å². The molecule has 0 saturated carbocycles. The number of rotatable bonds is 2. The molecule has 0 N–H and O–H groups in total. The lowest BCUT2D eigenvalue weighted by molar-refractivity contribution is 0.485. The number of pyridine rings is 1. The molecule has 0 saturated heterocycles. The molecule has 0 atom stereocenters. The quantitative estimate of drug-likeness (QED) is 0.370. The predicted molar refractivity (Wildman–Crippen MR) is 101 cm³/mol. The van der Waals surface area contributed by atoms with Crippen molar-refractivity contribution in [2.24, 2.45) is 0 Å². The first-order valence-corrected chi connectivity index (χ1v) is 8.95. The van der Waals surface area contributed by atoms with Gasteiger partial charge in [0.2, 0.25) is 0 Å². The Morgan fingerprint density at radius 3 is 2.62 bits per heavy atom. The Labute approximate surface area is 156 Å². The lowest BCUT2D eigenvalue weighted by Gasteiger charge is -2.07. The minimum atomic E-state index is 0.487. The van der Waals surface area contributed by atoms with E-state index < -0.39 is 0 Å². The molecular formula is C17H9Cl3N2OS. The van der Waals surface area contributed by atoms with Crippen LogP contribution in [0.2, 0.25) is 15.1 Å². The number of hydrogen-bond donors (Lipinski definition) is 0. The van der Waals surface area contributed by atoms with Gasteiger partial charge >= 0.3 is 0 Å². The molecule has 2 aromatic heterocycles. The molecule has 0 amide bonds. The van der Waals surface area contributed by atoms with Crippen molar-refractivity contribution < 1.29 is 4.74 Å². The highest BCUT2D eigenvalue weighted by molar-refractivity contribution is 7.20. The van der Waals surface area contributed by atoms with E-state index in [0.29, 0.717) is 31.5 Å². The molecule has 4 aromatic rings. The maximum absolute atomic E-state index is 6.20. The van der Waals surface area contributed by atoms with Crippen LogP contribution < -0.4 is 4.74 Å². The lowest BCUT2D eigenvalue weighted by atomic mass is 10.2. The third kappa shape index (κ3) is 2.91. The zero-order valence-electron chi connectivity index (χ0n) is 12.3. The maximum Gasteiger partial charge on any atom is 0.279 e. The molecule has 0 unspecified atom stereocenters. The highest BCUT2D eigenvalue weighted by atomic mass is 35.5. The van der Waals surface area contributed by atoms with Crippen molar-refractivity contribution in [3.05, 3.63) is 57.2 Å². The molecule has 4 rings (SSSR count). The Hall–Kier alpha value is -1.59. The van der Waals surface area contributed by atoms with Crippen LogP contribution in [0.1, 0.15) is 5.69 Å². The molecule has 0 aliphatic carbocycles. The molecule has 0 aliphatic heterocycles. The van der Waals surface area contributed by atoms with Gasteiger partial charge < -0.3 is 4.74 Å².